The summed E-state index contributed by atoms with van der Waals surface area (Å²) in [7, 11) is -3.97. The summed E-state index contributed by atoms with van der Waals surface area (Å²) in [6, 6.07) is 11.6. The Labute approximate surface area is 155 Å². The molecule has 0 radical (unpaired) electrons. The molecule has 1 amide bonds. The predicted octanol–water partition coefficient (Wildman–Crippen LogP) is 1.76. The van der Waals surface area contributed by atoms with Crippen molar-refractivity contribution in [2.24, 2.45) is 0 Å². The van der Waals surface area contributed by atoms with Gasteiger partial charge in [0, 0.05) is 24.3 Å². The average Bonchev–Trinajstić information content (AvgIpc) is 2.89. The molecule has 3 aromatic rings. The maximum absolute atomic E-state index is 13.0. The van der Waals surface area contributed by atoms with Crippen LogP contribution < -0.4 is 5.32 Å². The lowest BCUT2D eigenvalue weighted by Gasteiger charge is -2.16. The van der Waals surface area contributed by atoms with E-state index >= 15 is 0 Å². The summed E-state index contributed by atoms with van der Waals surface area (Å²) in [5.74, 6) is -0.227. The normalized spacial score (nSPS) is 14.8. The molecule has 0 fully saturated rings. The standard InChI is InChI=1S/C18H13N5O3S/c19-11-12-3-1-8-21-17(12)22-9-10-23-18(24)14-5-6-15-13(4-2-7-20-15)16(14)27(23,25)26/h1-8H,9-10H2,(H,21,22). The molecule has 1 aliphatic rings. The van der Waals surface area contributed by atoms with E-state index < -0.39 is 15.9 Å². The van der Waals surface area contributed by atoms with Crippen molar-refractivity contribution in [3.05, 3.63) is 59.9 Å². The van der Waals surface area contributed by atoms with Gasteiger partial charge in [0.15, 0.2) is 0 Å². The number of carbonyl (C=O) groups excluding carboxylic acids is 1. The molecule has 0 saturated carbocycles. The third kappa shape index (κ3) is 2.67. The largest absolute Gasteiger partial charge is 0.367 e. The molecule has 0 bridgehead atoms. The van der Waals surface area contributed by atoms with E-state index in [9.17, 15) is 13.2 Å². The van der Waals surface area contributed by atoms with Gasteiger partial charge in [-0.05, 0) is 36.4 Å². The highest BCUT2D eigenvalue weighted by Gasteiger charge is 2.42. The molecule has 0 atom stereocenters. The number of carbonyl (C=O) groups is 1. The molecule has 0 unspecified atom stereocenters. The van der Waals surface area contributed by atoms with E-state index in [-0.39, 0.29) is 23.5 Å². The number of aromatic nitrogens is 2. The maximum atomic E-state index is 13.0. The number of anilines is 1. The Morgan fingerprint density at radius 2 is 1.89 bits per heavy atom. The molecule has 1 N–H and O–H groups in total. The minimum absolute atomic E-state index is 0.00588. The van der Waals surface area contributed by atoms with Gasteiger partial charge in [0.1, 0.15) is 16.8 Å². The molecular formula is C18H13N5O3S. The Hall–Kier alpha value is -3.51. The van der Waals surface area contributed by atoms with Crippen LogP contribution in [0.25, 0.3) is 10.9 Å². The third-order valence-corrected chi connectivity index (χ3v) is 6.16. The zero-order valence-electron chi connectivity index (χ0n) is 14.0. The van der Waals surface area contributed by atoms with Crippen LogP contribution in [0, 0.1) is 11.3 Å². The summed E-state index contributed by atoms with van der Waals surface area (Å²) in [5.41, 5.74) is 0.999. The van der Waals surface area contributed by atoms with Crippen molar-refractivity contribution in [1.29, 1.82) is 5.26 Å². The highest BCUT2D eigenvalue weighted by atomic mass is 32.2. The Balaban J connectivity index is 1.62. The van der Waals surface area contributed by atoms with Gasteiger partial charge in [-0.2, -0.15) is 5.26 Å². The van der Waals surface area contributed by atoms with Gasteiger partial charge in [-0.25, -0.2) is 17.7 Å². The Morgan fingerprint density at radius 3 is 2.70 bits per heavy atom. The van der Waals surface area contributed by atoms with E-state index in [0.717, 1.165) is 4.31 Å². The van der Waals surface area contributed by atoms with Gasteiger partial charge in [0.2, 0.25) is 0 Å². The molecule has 134 valence electrons. The first-order valence-electron chi connectivity index (χ1n) is 8.08. The SMILES string of the molecule is N#Cc1cccnc1NCCN1C(=O)c2ccc3ncccc3c2S1(=O)=O. The smallest absolute Gasteiger partial charge is 0.269 e. The van der Waals surface area contributed by atoms with Gasteiger partial charge in [-0.1, -0.05) is 0 Å². The number of hydrogen-bond donors (Lipinski definition) is 1. The second-order valence-corrected chi connectivity index (χ2v) is 7.63. The van der Waals surface area contributed by atoms with Crippen LogP contribution in [0.15, 0.2) is 53.7 Å². The van der Waals surface area contributed by atoms with Gasteiger partial charge < -0.3 is 5.32 Å². The van der Waals surface area contributed by atoms with Crippen LogP contribution in [0.1, 0.15) is 15.9 Å². The number of pyridine rings is 2. The number of nitrogens with one attached hydrogen (secondary N) is 1. The first-order valence-corrected chi connectivity index (χ1v) is 9.52. The van der Waals surface area contributed by atoms with Gasteiger partial charge in [-0.3, -0.25) is 9.78 Å². The highest BCUT2D eigenvalue weighted by Crippen LogP contribution is 2.35. The van der Waals surface area contributed by atoms with Crippen LogP contribution in [0.3, 0.4) is 0 Å². The van der Waals surface area contributed by atoms with Gasteiger partial charge in [0.05, 0.1) is 23.2 Å². The lowest BCUT2D eigenvalue weighted by atomic mass is 10.1. The Morgan fingerprint density at radius 1 is 1.11 bits per heavy atom. The van der Waals surface area contributed by atoms with Crippen LogP contribution in [-0.2, 0) is 10.0 Å². The molecule has 4 rings (SSSR count). The van der Waals surface area contributed by atoms with Crippen LogP contribution >= 0.6 is 0 Å². The van der Waals surface area contributed by atoms with E-state index in [1.807, 2.05) is 6.07 Å². The van der Waals surface area contributed by atoms with Crippen molar-refractivity contribution in [3.63, 3.8) is 0 Å². The van der Waals surface area contributed by atoms with Crippen molar-refractivity contribution >= 4 is 32.7 Å². The van der Waals surface area contributed by atoms with Crippen LogP contribution in [0.4, 0.5) is 5.82 Å². The van der Waals surface area contributed by atoms with Crippen molar-refractivity contribution in [2.45, 2.75) is 4.90 Å². The molecule has 1 aliphatic heterocycles. The summed E-state index contributed by atoms with van der Waals surface area (Å²) in [6.45, 7) is 0.0415. The van der Waals surface area contributed by atoms with Crippen LogP contribution in [-0.4, -0.2) is 41.7 Å². The summed E-state index contributed by atoms with van der Waals surface area (Å²) >= 11 is 0. The summed E-state index contributed by atoms with van der Waals surface area (Å²) < 4.78 is 26.8. The van der Waals surface area contributed by atoms with Crippen molar-refractivity contribution in [3.8, 4) is 6.07 Å². The zero-order valence-corrected chi connectivity index (χ0v) is 14.8. The van der Waals surface area contributed by atoms with Crippen LogP contribution in [0.2, 0.25) is 0 Å². The summed E-state index contributed by atoms with van der Waals surface area (Å²) in [4.78, 5) is 20.9. The van der Waals surface area contributed by atoms with Gasteiger partial charge >= 0.3 is 0 Å². The Bertz CT molecular complexity index is 1220. The number of nitrogens with zero attached hydrogens (tertiary/aromatic N) is 4. The maximum Gasteiger partial charge on any atom is 0.269 e. The summed E-state index contributed by atoms with van der Waals surface area (Å²) in [6.07, 6.45) is 3.09. The molecule has 1 aromatic carbocycles. The minimum Gasteiger partial charge on any atom is -0.367 e. The first kappa shape index (κ1) is 16.9. The Kier molecular flexibility index (Phi) is 3.97. The molecular weight excluding hydrogens is 366 g/mol. The summed E-state index contributed by atoms with van der Waals surface area (Å²) in [5, 5.41) is 12.4. The first-order chi connectivity index (χ1) is 13.0. The quantitative estimate of drug-likeness (QED) is 0.734. The second-order valence-electron chi connectivity index (χ2n) is 5.83. The fourth-order valence-corrected chi connectivity index (χ4v) is 4.81. The number of fused-ring (bicyclic) bond motifs is 3. The number of amides is 1. The van der Waals surface area contributed by atoms with E-state index in [4.69, 9.17) is 5.26 Å². The molecule has 8 nitrogen and oxygen atoms in total. The number of rotatable bonds is 4. The van der Waals surface area contributed by atoms with Crippen molar-refractivity contribution in [2.75, 3.05) is 18.4 Å². The third-order valence-electron chi connectivity index (χ3n) is 4.28. The topological polar surface area (TPSA) is 116 Å². The van der Waals surface area contributed by atoms with Crippen molar-refractivity contribution in [1.82, 2.24) is 14.3 Å². The second kappa shape index (κ2) is 6.34. The number of nitriles is 1. The molecule has 9 heteroatoms. The fourth-order valence-electron chi connectivity index (χ4n) is 3.06. The number of sulfonamides is 1. The predicted molar refractivity (Wildman–Crippen MR) is 97.4 cm³/mol. The number of hydrogen-bond acceptors (Lipinski definition) is 7. The highest BCUT2D eigenvalue weighted by molar-refractivity contribution is 7.90. The van der Waals surface area contributed by atoms with E-state index in [1.165, 1.54) is 12.3 Å². The van der Waals surface area contributed by atoms with Gasteiger partial charge in [-0.15, -0.1) is 0 Å². The van der Waals surface area contributed by atoms with Gasteiger partial charge in [0.25, 0.3) is 15.9 Å². The van der Waals surface area contributed by atoms with E-state index in [1.54, 1.807) is 36.5 Å². The lowest BCUT2D eigenvalue weighted by Crippen LogP contribution is -2.34. The molecule has 0 spiro atoms. The number of benzene rings is 1. The van der Waals surface area contributed by atoms with Crippen molar-refractivity contribution < 1.29 is 13.2 Å². The van der Waals surface area contributed by atoms with E-state index in [2.05, 4.69) is 15.3 Å². The molecule has 3 heterocycles. The monoisotopic (exact) mass is 379 g/mol. The zero-order chi connectivity index (χ0) is 19.0. The average molecular weight is 379 g/mol. The molecule has 2 aromatic heterocycles. The van der Waals surface area contributed by atoms with Crippen LogP contribution in [0.5, 0.6) is 0 Å². The lowest BCUT2D eigenvalue weighted by molar-refractivity contribution is 0.0874. The molecule has 0 aliphatic carbocycles. The van der Waals surface area contributed by atoms with E-state index in [0.29, 0.717) is 22.3 Å². The molecule has 27 heavy (non-hydrogen) atoms. The molecule has 0 saturated heterocycles. The fraction of sp³-hybridized carbons (Fsp3) is 0.111. The minimum atomic E-state index is -3.97.